The van der Waals surface area contributed by atoms with Crippen molar-refractivity contribution in [1.29, 1.82) is 0 Å². The molecule has 12 heteroatoms. The van der Waals surface area contributed by atoms with Crippen molar-refractivity contribution >= 4 is 52.8 Å². The number of barbiturate groups is 1. The van der Waals surface area contributed by atoms with Gasteiger partial charge in [0.05, 0.1) is 21.3 Å². The summed E-state index contributed by atoms with van der Waals surface area (Å²) in [7, 11) is 0. The number of alkyl halides is 3. The van der Waals surface area contributed by atoms with Crippen LogP contribution in [0.5, 0.6) is 5.75 Å². The van der Waals surface area contributed by atoms with Crippen LogP contribution in [0.25, 0.3) is 6.08 Å². The molecular weight excluding hydrogens is 539 g/mol. The van der Waals surface area contributed by atoms with E-state index in [1.165, 1.54) is 30.3 Å². The maximum Gasteiger partial charge on any atom is 0.416 e. The minimum absolute atomic E-state index is 0.0934. The van der Waals surface area contributed by atoms with Crippen LogP contribution in [0.15, 0.2) is 66.2 Å². The summed E-state index contributed by atoms with van der Waals surface area (Å²) < 4.78 is 58.2. The lowest BCUT2D eigenvalue weighted by Gasteiger charge is -2.27. The number of hydrogen-bond donors (Lipinski definition) is 1. The molecule has 0 radical (unpaired) electrons. The van der Waals surface area contributed by atoms with E-state index in [4.69, 9.17) is 27.9 Å². The number of urea groups is 1. The van der Waals surface area contributed by atoms with Crippen LogP contribution >= 0.6 is 23.2 Å². The highest BCUT2D eigenvalue weighted by Crippen LogP contribution is 2.37. The lowest BCUT2D eigenvalue weighted by Crippen LogP contribution is -2.54. The van der Waals surface area contributed by atoms with E-state index in [9.17, 15) is 31.9 Å². The average molecular weight is 553 g/mol. The predicted octanol–water partition coefficient (Wildman–Crippen LogP) is 6.40. The number of carbonyl (C=O) groups is 3. The van der Waals surface area contributed by atoms with E-state index in [2.05, 4.69) is 0 Å². The third-order valence-electron chi connectivity index (χ3n) is 5.19. The van der Waals surface area contributed by atoms with E-state index in [0.29, 0.717) is 22.6 Å². The van der Waals surface area contributed by atoms with Gasteiger partial charge in [0.2, 0.25) is 0 Å². The molecule has 1 aliphatic heterocycles. The Morgan fingerprint density at radius 2 is 1.62 bits per heavy atom. The van der Waals surface area contributed by atoms with Crippen molar-refractivity contribution in [2.75, 3.05) is 4.90 Å². The molecule has 1 saturated heterocycles. The van der Waals surface area contributed by atoms with Gasteiger partial charge in [-0.25, -0.2) is 14.1 Å². The third kappa shape index (κ3) is 5.76. The van der Waals surface area contributed by atoms with Crippen LogP contribution < -0.4 is 15.0 Å². The van der Waals surface area contributed by atoms with E-state index < -0.39 is 46.7 Å². The van der Waals surface area contributed by atoms with Gasteiger partial charge < -0.3 is 4.74 Å². The maximum absolute atomic E-state index is 13.2. The molecular formula is C25H14Cl2F4N2O4. The number of nitrogens with zero attached hydrogens (tertiary/aromatic N) is 1. The fourth-order valence-corrected chi connectivity index (χ4v) is 3.81. The molecule has 37 heavy (non-hydrogen) atoms. The van der Waals surface area contributed by atoms with Crippen molar-refractivity contribution in [3.63, 3.8) is 0 Å². The Balaban J connectivity index is 1.60. The number of nitrogens with one attached hydrogen (secondary N) is 1. The molecule has 4 rings (SSSR count). The molecule has 0 bridgehead atoms. The van der Waals surface area contributed by atoms with Gasteiger partial charge in [0, 0.05) is 0 Å². The first-order valence-electron chi connectivity index (χ1n) is 10.4. The van der Waals surface area contributed by atoms with E-state index in [0.717, 1.165) is 12.1 Å². The topological polar surface area (TPSA) is 75.7 Å². The summed E-state index contributed by atoms with van der Waals surface area (Å²) in [5.74, 6) is -2.36. The smallest absolute Gasteiger partial charge is 0.416 e. The van der Waals surface area contributed by atoms with E-state index in [1.807, 2.05) is 5.32 Å². The molecule has 3 aromatic carbocycles. The zero-order chi connectivity index (χ0) is 26.9. The summed E-state index contributed by atoms with van der Waals surface area (Å²) in [5, 5.41) is 1.73. The number of imide groups is 2. The Labute approximate surface area is 217 Å². The first-order chi connectivity index (χ1) is 17.4. The van der Waals surface area contributed by atoms with E-state index in [-0.39, 0.29) is 28.0 Å². The molecule has 1 heterocycles. The standard InChI is InChI=1S/C25H14Cl2F4N2O4/c26-18-7-4-15(25(29,30)31)11-20(18)33-23(35)17(22(34)32-24(33)36)9-14-3-8-21(19(27)10-14)37-12-13-1-5-16(28)6-2-13/h1-11H,12H2,(H,32,34,36)/b17-9-. The van der Waals surface area contributed by atoms with Gasteiger partial charge in [0.25, 0.3) is 11.8 Å². The van der Waals surface area contributed by atoms with Crippen molar-refractivity contribution in [3.05, 3.63) is 98.8 Å². The SMILES string of the molecule is O=C1NC(=O)N(c2cc(C(F)(F)F)ccc2Cl)C(=O)/C1=C\c1ccc(OCc2ccc(F)cc2)c(Cl)c1. The number of rotatable bonds is 5. The number of carbonyl (C=O) groups excluding carboxylic acids is 3. The summed E-state index contributed by atoms with van der Waals surface area (Å²) >= 11 is 12.2. The highest BCUT2D eigenvalue weighted by Gasteiger charge is 2.39. The molecule has 1 N–H and O–H groups in total. The summed E-state index contributed by atoms with van der Waals surface area (Å²) in [4.78, 5) is 38.2. The molecule has 1 fully saturated rings. The van der Waals surface area contributed by atoms with Crippen LogP contribution in [0.4, 0.5) is 28.0 Å². The van der Waals surface area contributed by atoms with Gasteiger partial charge in [-0.1, -0.05) is 41.4 Å². The number of benzene rings is 3. The fraction of sp³-hybridized carbons (Fsp3) is 0.0800. The Kier molecular flexibility index (Phi) is 7.24. The van der Waals surface area contributed by atoms with Gasteiger partial charge in [-0.15, -0.1) is 0 Å². The predicted molar refractivity (Wildman–Crippen MR) is 128 cm³/mol. The van der Waals surface area contributed by atoms with Crippen molar-refractivity contribution in [2.24, 2.45) is 0 Å². The summed E-state index contributed by atoms with van der Waals surface area (Å²) in [6, 6.07) is 10.8. The molecule has 0 saturated carbocycles. The van der Waals surface area contributed by atoms with E-state index in [1.54, 1.807) is 12.1 Å². The molecule has 0 aromatic heterocycles. The fourth-order valence-electron chi connectivity index (χ4n) is 3.37. The summed E-state index contributed by atoms with van der Waals surface area (Å²) in [5.41, 5.74) is -1.27. The second kappa shape index (κ2) is 10.2. The van der Waals surface area contributed by atoms with Gasteiger partial charge >= 0.3 is 12.2 Å². The van der Waals surface area contributed by atoms with Gasteiger partial charge in [-0.2, -0.15) is 13.2 Å². The molecule has 0 unspecified atom stereocenters. The first-order valence-corrected chi connectivity index (χ1v) is 11.1. The highest BCUT2D eigenvalue weighted by atomic mass is 35.5. The van der Waals surface area contributed by atoms with Crippen LogP contribution in [0.3, 0.4) is 0 Å². The average Bonchev–Trinajstić information content (AvgIpc) is 2.82. The van der Waals surface area contributed by atoms with Gasteiger partial charge in [-0.05, 0) is 59.7 Å². The highest BCUT2D eigenvalue weighted by molar-refractivity contribution is 6.42. The monoisotopic (exact) mass is 552 g/mol. The quantitative estimate of drug-likeness (QED) is 0.226. The maximum atomic E-state index is 13.2. The second-order valence-electron chi connectivity index (χ2n) is 7.73. The van der Waals surface area contributed by atoms with Crippen LogP contribution in [0.2, 0.25) is 10.0 Å². The second-order valence-corrected chi connectivity index (χ2v) is 8.54. The number of amides is 4. The number of halogens is 6. The van der Waals surface area contributed by atoms with Crippen molar-refractivity contribution in [3.8, 4) is 5.75 Å². The van der Waals surface area contributed by atoms with Crippen molar-refractivity contribution < 1.29 is 36.7 Å². The van der Waals surface area contributed by atoms with Crippen molar-refractivity contribution in [1.82, 2.24) is 5.32 Å². The number of anilines is 1. The van der Waals surface area contributed by atoms with Gasteiger partial charge in [-0.3, -0.25) is 14.9 Å². The Hall–Kier alpha value is -3.89. The molecule has 3 aromatic rings. The molecule has 0 atom stereocenters. The number of hydrogen-bond acceptors (Lipinski definition) is 4. The minimum atomic E-state index is -4.76. The molecule has 6 nitrogen and oxygen atoms in total. The molecule has 190 valence electrons. The van der Waals surface area contributed by atoms with Crippen molar-refractivity contribution in [2.45, 2.75) is 12.8 Å². The first kappa shape index (κ1) is 26.2. The normalized spacial score (nSPS) is 15.2. The zero-order valence-corrected chi connectivity index (χ0v) is 19.9. The van der Waals surface area contributed by atoms with Gasteiger partial charge in [0.15, 0.2) is 0 Å². The molecule has 0 aliphatic carbocycles. The lowest BCUT2D eigenvalue weighted by atomic mass is 10.1. The largest absolute Gasteiger partial charge is 0.487 e. The lowest BCUT2D eigenvalue weighted by molar-refractivity contribution is -0.137. The van der Waals surface area contributed by atoms with Crippen LogP contribution in [-0.4, -0.2) is 17.8 Å². The van der Waals surface area contributed by atoms with Crippen LogP contribution in [-0.2, 0) is 22.4 Å². The van der Waals surface area contributed by atoms with Crippen LogP contribution in [0.1, 0.15) is 16.7 Å². The molecule has 0 spiro atoms. The summed E-state index contributed by atoms with van der Waals surface area (Å²) in [6.07, 6.45) is -3.64. The number of ether oxygens (including phenoxy) is 1. The Bertz CT molecular complexity index is 1440. The molecule has 1 aliphatic rings. The zero-order valence-electron chi connectivity index (χ0n) is 18.4. The summed E-state index contributed by atoms with van der Waals surface area (Å²) in [6.45, 7) is 0.0934. The Morgan fingerprint density at radius 1 is 0.919 bits per heavy atom. The van der Waals surface area contributed by atoms with E-state index >= 15 is 0 Å². The van der Waals surface area contributed by atoms with Gasteiger partial charge in [0.1, 0.15) is 23.7 Å². The molecule has 4 amide bonds. The Morgan fingerprint density at radius 3 is 2.27 bits per heavy atom. The minimum Gasteiger partial charge on any atom is -0.487 e. The van der Waals surface area contributed by atoms with Crippen LogP contribution in [0, 0.1) is 5.82 Å². The third-order valence-corrected chi connectivity index (χ3v) is 5.81.